The van der Waals surface area contributed by atoms with Gasteiger partial charge in [-0.05, 0) is 23.8 Å². The largest absolute Gasteiger partial charge is 0.418 e. The van der Waals surface area contributed by atoms with Crippen molar-refractivity contribution in [3.05, 3.63) is 84.1 Å². The van der Waals surface area contributed by atoms with Gasteiger partial charge in [0.15, 0.2) is 0 Å². The molecular weight excluding hydrogens is 288 g/mol. The van der Waals surface area contributed by atoms with Gasteiger partial charge in [0.2, 0.25) is 11.6 Å². The second kappa shape index (κ2) is 5.66. The second-order valence-electron chi connectivity index (χ2n) is 5.25. The van der Waals surface area contributed by atoms with Crippen LogP contribution in [0, 0.1) is 0 Å². The molecule has 4 rings (SSSR count). The molecule has 112 valence electrons. The maximum Gasteiger partial charge on any atom is 0.247 e. The van der Waals surface area contributed by atoms with E-state index in [1.54, 1.807) is 12.3 Å². The van der Waals surface area contributed by atoms with Gasteiger partial charge in [-0.15, -0.1) is 0 Å². The Morgan fingerprint density at radius 1 is 0.870 bits per heavy atom. The SMILES string of the molecule is OC(c1ccccc1)c1ccnc2oc(-c3ccccc3)nc12. The predicted molar refractivity (Wildman–Crippen MR) is 87.7 cm³/mol. The zero-order valence-electron chi connectivity index (χ0n) is 12.3. The molecule has 2 heterocycles. The Bertz CT molecular complexity index is 933. The van der Waals surface area contributed by atoms with Crippen LogP contribution in [-0.2, 0) is 0 Å². The Kier molecular flexibility index (Phi) is 3.37. The molecule has 0 saturated heterocycles. The van der Waals surface area contributed by atoms with Crippen LogP contribution in [0.2, 0.25) is 0 Å². The summed E-state index contributed by atoms with van der Waals surface area (Å²) in [5.41, 5.74) is 3.39. The summed E-state index contributed by atoms with van der Waals surface area (Å²) in [6, 6.07) is 20.9. The Morgan fingerprint density at radius 2 is 1.57 bits per heavy atom. The van der Waals surface area contributed by atoms with E-state index >= 15 is 0 Å². The highest BCUT2D eigenvalue weighted by Gasteiger charge is 2.18. The van der Waals surface area contributed by atoms with Crippen LogP contribution in [0.4, 0.5) is 0 Å². The summed E-state index contributed by atoms with van der Waals surface area (Å²) in [5, 5.41) is 10.7. The van der Waals surface area contributed by atoms with Crippen LogP contribution in [0.5, 0.6) is 0 Å². The first kappa shape index (κ1) is 13.7. The molecule has 4 heteroatoms. The van der Waals surface area contributed by atoms with Crippen molar-refractivity contribution in [2.24, 2.45) is 0 Å². The number of nitrogens with zero attached hydrogens (tertiary/aromatic N) is 2. The molecule has 1 N–H and O–H groups in total. The van der Waals surface area contributed by atoms with Crippen LogP contribution in [0.1, 0.15) is 17.2 Å². The van der Waals surface area contributed by atoms with Crippen molar-refractivity contribution in [3.63, 3.8) is 0 Å². The first-order valence-corrected chi connectivity index (χ1v) is 7.37. The molecule has 0 radical (unpaired) electrons. The topological polar surface area (TPSA) is 59.2 Å². The summed E-state index contributed by atoms with van der Waals surface area (Å²) in [4.78, 5) is 8.76. The van der Waals surface area contributed by atoms with E-state index in [-0.39, 0.29) is 0 Å². The monoisotopic (exact) mass is 302 g/mol. The molecule has 0 amide bonds. The van der Waals surface area contributed by atoms with Gasteiger partial charge in [-0.1, -0.05) is 48.5 Å². The number of hydrogen-bond donors (Lipinski definition) is 1. The van der Waals surface area contributed by atoms with Gasteiger partial charge in [0.05, 0.1) is 0 Å². The fourth-order valence-corrected chi connectivity index (χ4v) is 2.59. The minimum absolute atomic E-state index is 0.427. The average molecular weight is 302 g/mol. The standard InChI is InChI=1S/C19H14N2O2/c22-17(13-7-3-1-4-8-13)15-11-12-20-19-16(15)21-18(23-19)14-9-5-2-6-10-14/h1-12,17,22H. The van der Waals surface area contributed by atoms with Crippen LogP contribution >= 0.6 is 0 Å². The lowest BCUT2D eigenvalue weighted by atomic mass is 10.0. The van der Waals surface area contributed by atoms with E-state index in [1.165, 1.54) is 0 Å². The number of aromatic nitrogens is 2. The van der Waals surface area contributed by atoms with Gasteiger partial charge in [-0.2, -0.15) is 0 Å². The third-order valence-corrected chi connectivity index (χ3v) is 3.76. The Balaban J connectivity index is 1.84. The van der Waals surface area contributed by atoms with Gasteiger partial charge in [0, 0.05) is 17.3 Å². The number of aliphatic hydroxyl groups excluding tert-OH is 1. The lowest BCUT2D eigenvalue weighted by molar-refractivity contribution is 0.221. The molecule has 2 aromatic heterocycles. The van der Waals surface area contributed by atoms with Gasteiger partial charge in [0.25, 0.3) is 0 Å². The third-order valence-electron chi connectivity index (χ3n) is 3.76. The molecule has 0 aliphatic rings. The van der Waals surface area contributed by atoms with Crippen LogP contribution in [0.15, 0.2) is 77.3 Å². The molecule has 4 nitrogen and oxygen atoms in total. The van der Waals surface area contributed by atoms with Crippen molar-refractivity contribution >= 4 is 11.2 Å². The van der Waals surface area contributed by atoms with E-state index in [0.29, 0.717) is 22.7 Å². The fraction of sp³-hybridized carbons (Fsp3) is 0.0526. The van der Waals surface area contributed by atoms with E-state index < -0.39 is 6.10 Å². The van der Waals surface area contributed by atoms with Crippen molar-refractivity contribution in [2.75, 3.05) is 0 Å². The number of hydrogen-bond acceptors (Lipinski definition) is 4. The first-order valence-electron chi connectivity index (χ1n) is 7.37. The summed E-state index contributed by atoms with van der Waals surface area (Å²) >= 11 is 0. The Morgan fingerprint density at radius 3 is 2.30 bits per heavy atom. The lowest BCUT2D eigenvalue weighted by Crippen LogP contribution is -2.00. The molecule has 0 spiro atoms. The zero-order valence-corrected chi connectivity index (χ0v) is 12.3. The molecule has 1 atom stereocenters. The minimum Gasteiger partial charge on any atom is -0.418 e. The van der Waals surface area contributed by atoms with E-state index in [1.807, 2.05) is 60.7 Å². The Labute approximate surface area is 133 Å². The van der Waals surface area contributed by atoms with Crippen LogP contribution in [-0.4, -0.2) is 15.1 Å². The first-order chi connectivity index (χ1) is 11.3. The predicted octanol–water partition coefficient (Wildman–Crippen LogP) is 3.97. The third kappa shape index (κ3) is 2.49. The quantitative estimate of drug-likeness (QED) is 0.622. The van der Waals surface area contributed by atoms with E-state index in [4.69, 9.17) is 4.42 Å². The zero-order chi connectivity index (χ0) is 15.6. The van der Waals surface area contributed by atoms with Gasteiger partial charge < -0.3 is 9.52 Å². The molecule has 0 aliphatic heterocycles. The number of benzene rings is 2. The number of aliphatic hydroxyl groups is 1. The molecule has 0 bridgehead atoms. The van der Waals surface area contributed by atoms with Crippen molar-refractivity contribution in [1.82, 2.24) is 9.97 Å². The van der Waals surface area contributed by atoms with E-state index in [0.717, 1.165) is 11.1 Å². The maximum atomic E-state index is 10.7. The summed E-state index contributed by atoms with van der Waals surface area (Å²) < 4.78 is 5.75. The Hall–Kier alpha value is -2.98. The van der Waals surface area contributed by atoms with Crippen LogP contribution in [0.3, 0.4) is 0 Å². The molecule has 2 aromatic carbocycles. The maximum absolute atomic E-state index is 10.7. The summed E-state index contributed by atoms with van der Waals surface area (Å²) in [7, 11) is 0. The van der Waals surface area contributed by atoms with Gasteiger partial charge >= 0.3 is 0 Å². The van der Waals surface area contributed by atoms with E-state index in [9.17, 15) is 5.11 Å². The van der Waals surface area contributed by atoms with Gasteiger partial charge in [-0.3, -0.25) is 0 Å². The van der Waals surface area contributed by atoms with Crippen molar-refractivity contribution in [1.29, 1.82) is 0 Å². The number of fused-ring (bicyclic) bond motifs is 1. The molecule has 23 heavy (non-hydrogen) atoms. The summed E-state index contributed by atoms with van der Waals surface area (Å²) in [6.07, 6.45) is 0.861. The normalized spacial score (nSPS) is 12.4. The number of oxazole rings is 1. The van der Waals surface area contributed by atoms with Gasteiger partial charge in [0.1, 0.15) is 11.6 Å². The smallest absolute Gasteiger partial charge is 0.247 e. The summed E-state index contributed by atoms with van der Waals surface area (Å²) in [6.45, 7) is 0. The highest BCUT2D eigenvalue weighted by Crippen LogP contribution is 2.30. The molecule has 0 aliphatic carbocycles. The highest BCUT2D eigenvalue weighted by molar-refractivity contribution is 5.77. The minimum atomic E-state index is -0.768. The fourth-order valence-electron chi connectivity index (χ4n) is 2.59. The molecule has 0 fully saturated rings. The highest BCUT2D eigenvalue weighted by atomic mass is 16.4. The second-order valence-corrected chi connectivity index (χ2v) is 5.25. The molecular formula is C19H14N2O2. The van der Waals surface area contributed by atoms with E-state index in [2.05, 4.69) is 9.97 Å². The summed E-state index contributed by atoms with van der Waals surface area (Å²) in [5.74, 6) is 0.501. The lowest BCUT2D eigenvalue weighted by Gasteiger charge is -2.10. The van der Waals surface area contributed by atoms with Crippen molar-refractivity contribution in [3.8, 4) is 11.5 Å². The van der Waals surface area contributed by atoms with Crippen molar-refractivity contribution < 1.29 is 9.52 Å². The number of rotatable bonds is 3. The van der Waals surface area contributed by atoms with Crippen LogP contribution < -0.4 is 0 Å². The van der Waals surface area contributed by atoms with Gasteiger partial charge in [-0.25, -0.2) is 9.97 Å². The molecule has 0 saturated carbocycles. The molecule has 4 aromatic rings. The molecule has 1 unspecified atom stereocenters. The van der Waals surface area contributed by atoms with Crippen molar-refractivity contribution in [2.45, 2.75) is 6.10 Å². The van der Waals surface area contributed by atoms with Crippen LogP contribution in [0.25, 0.3) is 22.7 Å². The average Bonchev–Trinajstić information content (AvgIpc) is 3.07. The number of pyridine rings is 1.